The van der Waals surface area contributed by atoms with Crippen molar-refractivity contribution >= 4 is 41.3 Å². The molecule has 0 bridgehead atoms. The van der Waals surface area contributed by atoms with Crippen LogP contribution in [0.2, 0.25) is 0 Å². The number of nitrogens with one attached hydrogen (secondary N) is 2. The van der Waals surface area contributed by atoms with Gasteiger partial charge in [-0.15, -0.1) is 34.2 Å². The molecule has 0 radical (unpaired) electrons. The van der Waals surface area contributed by atoms with Gasteiger partial charge in [0.15, 0.2) is 17.4 Å². The highest BCUT2D eigenvalue weighted by Crippen LogP contribution is 2.28. The van der Waals surface area contributed by atoms with Crippen LogP contribution < -0.4 is 15.5 Å². The summed E-state index contributed by atoms with van der Waals surface area (Å²) in [6.07, 6.45) is 3.10. The quantitative estimate of drug-likeness (QED) is 0.216. The predicted octanol–water partition coefficient (Wildman–Crippen LogP) is 3.78. The average molecular weight is 553 g/mol. The van der Waals surface area contributed by atoms with E-state index >= 15 is 0 Å². The second kappa shape index (κ2) is 10.7. The minimum Gasteiger partial charge on any atom is -0.367 e. The van der Waals surface area contributed by atoms with Crippen LogP contribution in [0.1, 0.15) is 22.5 Å². The average Bonchev–Trinajstić information content (AvgIpc) is 3.44. The minimum atomic E-state index is 0. The molecule has 0 fully saturated rings. The highest BCUT2D eigenvalue weighted by Gasteiger charge is 2.18. The Morgan fingerprint density at radius 1 is 0.909 bits per heavy atom. The highest BCUT2D eigenvalue weighted by molar-refractivity contribution is 14.0. The van der Waals surface area contributed by atoms with E-state index in [9.17, 15) is 0 Å². The van der Waals surface area contributed by atoms with Crippen LogP contribution in [0.4, 0.5) is 5.69 Å². The molecule has 2 aromatic heterocycles. The van der Waals surface area contributed by atoms with Crippen molar-refractivity contribution in [3.05, 3.63) is 95.4 Å². The van der Waals surface area contributed by atoms with Crippen molar-refractivity contribution in [3.8, 4) is 0 Å². The van der Waals surface area contributed by atoms with Crippen LogP contribution >= 0.6 is 24.0 Å². The molecule has 0 aliphatic carbocycles. The molecule has 8 heteroatoms. The van der Waals surface area contributed by atoms with E-state index in [2.05, 4.69) is 79.3 Å². The third-order valence-electron chi connectivity index (χ3n) is 5.86. The van der Waals surface area contributed by atoms with Crippen molar-refractivity contribution < 1.29 is 0 Å². The molecule has 0 spiro atoms. The monoisotopic (exact) mass is 553 g/mol. The van der Waals surface area contributed by atoms with Gasteiger partial charge in [0.2, 0.25) is 0 Å². The summed E-state index contributed by atoms with van der Waals surface area (Å²) >= 11 is 0. The Morgan fingerprint density at radius 2 is 1.67 bits per heavy atom. The Morgan fingerprint density at radius 3 is 2.52 bits per heavy atom. The van der Waals surface area contributed by atoms with E-state index in [-0.39, 0.29) is 24.0 Å². The smallest absolute Gasteiger partial charge is 0.191 e. The van der Waals surface area contributed by atoms with Crippen molar-refractivity contribution in [1.82, 2.24) is 25.2 Å². The van der Waals surface area contributed by atoms with Crippen molar-refractivity contribution in [2.75, 3.05) is 18.5 Å². The van der Waals surface area contributed by atoms with Gasteiger partial charge >= 0.3 is 0 Å². The first-order valence-corrected chi connectivity index (χ1v) is 10.9. The number of pyridine rings is 1. The molecule has 0 atom stereocenters. The molecule has 3 heterocycles. The van der Waals surface area contributed by atoms with Crippen molar-refractivity contribution in [2.24, 2.45) is 4.99 Å². The largest absolute Gasteiger partial charge is 0.367 e. The summed E-state index contributed by atoms with van der Waals surface area (Å²) in [5.41, 5.74) is 6.20. The molecule has 0 unspecified atom stereocenters. The molecule has 2 aromatic carbocycles. The summed E-state index contributed by atoms with van der Waals surface area (Å²) in [7, 11) is 1.77. The number of benzene rings is 2. The fraction of sp³-hybridized carbons (Fsp3) is 0.240. The maximum absolute atomic E-state index is 4.32. The first-order chi connectivity index (χ1) is 15.8. The zero-order valence-electron chi connectivity index (χ0n) is 18.6. The lowest BCUT2D eigenvalue weighted by Crippen LogP contribution is -2.36. The highest BCUT2D eigenvalue weighted by atomic mass is 127. The van der Waals surface area contributed by atoms with Gasteiger partial charge in [0, 0.05) is 38.6 Å². The van der Waals surface area contributed by atoms with Gasteiger partial charge < -0.3 is 15.5 Å². The number of anilines is 1. The fourth-order valence-corrected chi connectivity index (χ4v) is 4.13. The molecule has 33 heavy (non-hydrogen) atoms. The number of aromatic nitrogens is 3. The SMILES string of the molecule is CN=C(NCc1ccc(CN2CCc3ccccc32)cc1)NCc1nnc2ccccn12.I. The lowest BCUT2D eigenvalue weighted by Gasteiger charge is -2.19. The molecule has 170 valence electrons. The van der Waals surface area contributed by atoms with Gasteiger partial charge in [0.05, 0.1) is 6.54 Å². The van der Waals surface area contributed by atoms with E-state index in [1.54, 1.807) is 7.05 Å². The number of hydrogen-bond acceptors (Lipinski definition) is 4. The first-order valence-electron chi connectivity index (χ1n) is 10.9. The number of rotatable bonds is 6. The predicted molar refractivity (Wildman–Crippen MR) is 143 cm³/mol. The summed E-state index contributed by atoms with van der Waals surface area (Å²) in [6.45, 7) is 3.28. The second-order valence-corrected chi connectivity index (χ2v) is 7.94. The van der Waals surface area contributed by atoms with E-state index in [1.807, 2.05) is 28.8 Å². The third kappa shape index (κ3) is 5.27. The molecular formula is C25H28IN7. The molecule has 5 rings (SSSR count). The Kier molecular flexibility index (Phi) is 7.43. The van der Waals surface area contributed by atoms with Crippen LogP contribution in [-0.4, -0.2) is 34.2 Å². The van der Waals surface area contributed by atoms with E-state index in [4.69, 9.17) is 0 Å². The Balaban J connectivity index is 0.00000259. The van der Waals surface area contributed by atoms with Gasteiger partial charge in [-0.05, 0) is 41.3 Å². The van der Waals surface area contributed by atoms with Crippen LogP contribution in [0.3, 0.4) is 0 Å². The minimum absolute atomic E-state index is 0. The summed E-state index contributed by atoms with van der Waals surface area (Å²) in [5.74, 6) is 1.58. The molecule has 4 aromatic rings. The molecular weight excluding hydrogens is 525 g/mol. The molecule has 0 saturated heterocycles. The molecule has 1 aliphatic rings. The summed E-state index contributed by atoms with van der Waals surface area (Å²) in [5, 5.41) is 15.1. The van der Waals surface area contributed by atoms with Crippen LogP contribution in [0.5, 0.6) is 0 Å². The normalized spacial score (nSPS) is 13.0. The maximum atomic E-state index is 4.32. The summed E-state index contributed by atoms with van der Waals surface area (Å²) in [4.78, 5) is 6.78. The Bertz CT molecular complexity index is 1230. The number of para-hydroxylation sites is 1. The molecule has 0 amide bonds. The lowest BCUT2D eigenvalue weighted by atomic mass is 10.1. The van der Waals surface area contributed by atoms with Crippen LogP contribution in [0.25, 0.3) is 5.65 Å². The van der Waals surface area contributed by atoms with Crippen LogP contribution in [0, 0.1) is 0 Å². The van der Waals surface area contributed by atoms with Gasteiger partial charge in [0.1, 0.15) is 0 Å². The van der Waals surface area contributed by atoms with Gasteiger partial charge in [-0.1, -0.05) is 48.5 Å². The first kappa shape index (κ1) is 23.0. The zero-order valence-corrected chi connectivity index (χ0v) is 20.9. The summed E-state index contributed by atoms with van der Waals surface area (Å²) in [6, 6.07) is 23.4. The van der Waals surface area contributed by atoms with E-state index < -0.39 is 0 Å². The van der Waals surface area contributed by atoms with E-state index in [1.165, 1.54) is 22.4 Å². The lowest BCUT2D eigenvalue weighted by molar-refractivity contribution is 0.762. The molecule has 1 aliphatic heterocycles. The van der Waals surface area contributed by atoms with Gasteiger partial charge in [-0.3, -0.25) is 9.39 Å². The molecule has 0 saturated carbocycles. The van der Waals surface area contributed by atoms with Gasteiger partial charge in [-0.25, -0.2) is 0 Å². The summed E-state index contributed by atoms with van der Waals surface area (Å²) < 4.78 is 1.97. The van der Waals surface area contributed by atoms with Crippen molar-refractivity contribution in [3.63, 3.8) is 0 Å². The molecule has 7 nitrogen and oxygen atoms in total. The van der Waals surface area contributed by atoms with Crippen LogP contribution in [0.15, 0.2) is 77.9 Å². The van der Waals surface area contributed by atoms with Crippen LogP contribution in [-0.2, 0) is 26.1 Å². The zero-order chi connectivity index (χ0) is 21.8. The maximum Gasteiger partial charge on any atom is 0.191 e. The number of halogens is 1. The Labute approximate surface area is 211 Å². The van der Waals surface area contributed by atoms with Crippen molar-refractivity contribution in [2.45, 2.75) is 26.1 Å². The number of guanidine groups is 1. The molecule has 2 N–H and O–H groups in total. The topological polar surface area (TPSA) is 69.8 Å². The second-order valence-electron chi connectivity index (χ2n) is 7.94. The standard InChI is InChI=1S/C25H27N7.HI/c1-26-25(28-17-24-30-29-23-8-4-5-14-32(23)24)27-16-19-9-11-20(12-10-19)18-31-15-13-21-6-2-3-7-22(21)31;/h2-12,14H,13,15-18H2,1H3,(H2,26,27,28);1H. The number of aliphatic imine (C=N–C) groups is 1. The van der Waals surface area contributed by atoms with E-state index in [0.29, 0.717) is 13.1 Å². The number of hydrogen-bond donors (Lipinski definition) is 2. The van der Waals surface area contributed by atoms with E-state index in [0.717, 1.165) is 36.9 Å². The third-order valence-corrected chi connectivity index (χ3v) is 5.86. The van der Waals surface area contributed by atoms with Gasteiger partial charge in [-0.2, -0.15) is 0 Å². The Hall–Kier alpha value is -3.14. The number of fused-ring (bicyclic) bond motifs is 2. The number of nitrogens with zero attached hydrogens (tertiary/aromatic N) is 5. The fourth-order valence-electron chi connectivity index (χ4n) is 4.13. The van der Waals surface area contributed by atoms with Gasteiger partial charge in [0.25, 0.3) is 0 Å². The van der Waals surface area contributed by atoms with Crippen molar-refractivity contribution in [1.29, 1.82) is 0 Å².